The highest BCUT2D eigenvalue weighted by molar-refractivity contribution is 7.99. The maximum atomic E-state index is 11.0. The molecule has 4 nitrogen and oxygen atoms in total. The molecule has 0 fully saturated rings. The van der Waals surface area contributed by atoms with Gasteiger partial charge in [-0.3, -0.25) is 4.79 Å². The fraction of sp³-hybridized carbons (Fsp3) is 0.167. The second-order valence-corrected chi connectivity index (χ2v) is 4.49. The molecule has 1 atom stereocenters. The molecule has 2 aromatic rings. The zero-order chi connectivity index (χ0) is 12.1. The number of thioether (sulfide) groups is 1. The van der Waals surface area contributed by atoms with Crippen LogP contribution in [0.15, 0.2) is 52.5 Å². The molecule has 0 spiro atoms. The van der Waals surface area contributed by atoms with Crippen molar-refractivity contribution in [1.29, 1.82) is 0 Å². The molecule has 5 heteroatoms. The minimum Gasteiger partial charge on any atom is -0.388 e. The van der Waals surface area contributed by atoms with E-state index in [4.69, 9.17) is 0 Å². The molecular weight excluding hydrogens is 236 g/mol. The van der Waals surface area contributed by atoms with Crippen molar-refractivity contribution in [1.82, 2.24) is 9.97 Å². The van der Waals surface area contributed by atoms with E-state index < -0.39 is 6.10 Å². The molecule has 0 saturated carbocycles. The van der Waals surface area contributed by atoms with Crippen LogP contribution in [0.5, 0.6) is 0 Å². The highest BCUT2D eigenvalue weighted by atomic mass is 32.2. The molecule has 1 aromatic carbocycles. The predicted octanol–water partition coefficient (Wildman–Crippen LogP) is 1.60. The van der Waals surface area contributed by atoms with Gasteiger partial charge in [0.15, 0.2) is 5.16 Å². The molecule has 0 saturated heterocycles. The van der Waals surface area contributed by atoms with Gasteiger partial charge in [0.05, 0.1) is 6.10 Å². The van der Waals surface area contributed by atoms with Gasteiger partial charge in [0.1, 0.15) is 0 Å². The van der Waals surface area contributed by atoms with Crippen LogP contribution in [0.4, 0.5) is 0 Å². The third-order valence-corrected chi connectivity index (χ3v) is 3.17. The summed E-state index contributed by atoms with van der Waals surface area (Å²) >= 11 is 1.32. The molecule has 1 heterocycles. The summed E-state index contributed by atoms with van der Waals surface area (Å²) in [5.41, 5.74) is 0.676. The van der Waals surface area contributed by atoms with Crippen LogP contribution in [-0.4, -0.2) is 20.8 Å². The molecule has 1 aromatic heterocycles. The van der Waals surface area contributed by atoms with Crippen molar-refractivity contribution < 1.29 is 5.11 Å². The summed E-state index contributed by atoms with van der Waals surface area (Å²) in [6.45, 7) is 0. The van der Waals surface area contributed by atoms with E-state index in [1.54, 1.807) is 0 Å². The Morgan fingerprint density at radius 1 is 1.29 bits per heavy atom. The topological polar surface area (TPSA) is 66.0 Å². The lowest BCUT2D eigenvalue weighted by atomic mass is 10.1. The summed E-state index contributed by atoms with van der Waals surface area (Å²) < 4.78 is 0. The number of nitrogens with one attached hydrogen (secondary N) is 1. The third kappa shape index (κ3) is 3.44. The number of hydrogen-bond donors (Lipinski definition) is 2. The average Bonchev–Trinajstić information content (AvgIpc) is 2.37. The monoisotopic (exact) mass is 248 g/mol. The van der Waals surface area contributed by atoms with Gasteiger partial charge >= 0.3 is 0 Å². The number of hydrogen-bond acceptors (Lipinski definition) is 4. The van der Waals surface area contributed by atoms with Gasteiger partial charge < -0.3 is 10.1 Å². The van der Waals surface area contributed by atoms with E-state index in [0.29, 0.717) is 10.9 Å². The second kappa shape index (κ2) is 5.65. The Hall–Kier alpha value is -1.59. The van der Waals surface area contributed by atoms with E-state index in [1.807, 2.05) is 30.3 Å². The highest BCUT2D eigenvalue weighted by Crippen LogP contribution is 2.20. The first kappa shape index (κ1) is 11.9. The first-order chi connectivity index (χ1) is 8.25. The molecule has 88 valence electrons. The molecule has 17 heavy (non-hydrogen) atoms. The standard InChI is InChI=1S/C12H12N2O2S/c15-10(9-4-2-1-3-5-9)8-17-12-13-7-6-11(16)14-12/h1-7,10,15H,8H2,(H,13,14,16). The zero-order valence-electron chi connectivity index (χ0n) is 9.04. The lowest BCUT2D eigenvalue weighted by Gasteiger charge is -2.09. The summed E-state index contributed by atoms with van der Waals surface area (Å²) in [6, 6.07) is 10.8. The molecule has 0 bridgehead atoms. The van der Waals surface area contributed by atoms with Crippen LogP contribution in [0, 0.1) is 0 Å². The van der Waals surface area contributed by atoms with Gasteiger partial charge in [-0.15, -0.1) is 0 Å². The summed E-state index contributed by atoms with van der Waals surface area (Å²) in [6.07, 6.45) is 0.891. The van der Waals surface area contributed by atoms with E-state index in [-0.39, 0.29) is 5.56 Å². The van der Waals surface area contributed by atoms with Gasteiger partial charge in [-0.2, -0.15) is 0 Å². The normalized spacial score (nSPS) is 12.3. The molecule has 0 aliphatic carbocycles. The van der Waals surface area contributed by atoms with Gasteiger partial charge in [-0.1, -0.05) is 42.1 Å². The smallest absolute Gasteiger partial charge is 0.251 e. The van der Waals surface area contributed by atoms with Crippen molar-refractivity contribution in [3.05, 3.63) is 58.5 Å². The van der Waals surface area contributed by atoms with Crippen molar-refractivity contribution in [3.8, 4) is 0 Å². The molecule has 2 N–H and O–H groups in total. The predicted molar refractivity (Wildman–Crippen MR) is 67.0 cm³/mol. The van der Waals surface area contributed by atoms with Crippen LogP contribution in [-0.2, 0) is 0 Å². The number of aromatic nitrogens is 2. The molecule has 0 radical (unpaired) electrons. The van der Waals surface area contributed by atoms with E-state index in [1.165, 1.54) is 24.0 Å². The number of aliphatic hydroxyl groups is 1. The fourth-order valence-corrected chi connectivity index (χ4v) is 2.17. The number of benzene rings is 1. The lowest BCUT2D eigenvalue weighted by Crippen LogP contribution is -2.07. The maximum Gasteiger partial charge on any atom is 0.251 e. The molecular formula is C12H12N2O2S. The largest absolute Gasteiger partial charge is 0.388 e. The minimum absolute atomic E-state index is 0.184. The molecule has 0 aliphatic heterocycles. The summed E-state index contributed by atoms with van der Waals surface area (Å²) in [7, 11) is 0. The Bertz CT molecular complexity index is 527. The number of aliphatic hydroxyl groups excluding tert-OH is 1. The van der Waals surface area contributed by atoms with E-state index in [9.17, 15) is 9.90 Å². The van der Waals surface area contributed by atoms with Crippen molar-refractivity contribution in [2.75, 3.05) is 5.75 Å². The molecule has 2 rings (SSSR count). The minimum atomic E-state index is -0.563. The van der Waals surface area contributed by atoms with Gasteiger partial charge in [-0.25, -0.2) is 4.98 Å². The van der Waals surface area contributed by atoms with Crippen LogP contribution in [0.1, 0.15) is 11.7 Å². The highest BCUT2D eigenvalue weighted by Gasteiger charge is 2.08. The lowest BCUT2D eigenvalue weighted by molar-refractivity contribution is 0.204. The summed E-state index contributed by atoms with van der Waals surface area (Å²) in [5.74, 6) is 0.455. The first-order valence-electron chi connectivity index (χ1n) is 5.17. The maximum absolute atomic E-state index is 11.0. The third-order valence-electron chi connectivity index (χ3n) is 2.21. The Labute approximate surface area is 103 Å². The van der Waals surface area contributed by atoms with Crippen molar-refractivity contribution in [2.24, 2.45) is 0 Å². The molecule has 0 aliphatic rings. The van der Waals surface area contributed by atoms with Gasteiger partial charge in [0, 0.05) is 18.0 Å². The fourth-order valence-electron chi connectivity index (χ4n) is 1.35. The van der Waals surface area contributed by atoms with Crippen LogP contribution in [0.2, 0.25) is 0 Å². The number of nitrogens with zero attached hydrogens (tertiary/aromatic N) is 1. The Kier molecular flexibility index (Phi) is 3.95. The Balaban J connectivity index is 1.97. The van der Waals surface area contributed by atoms with Crippen LogP contribution in [0.3, 0.4) is 0 Å². The first-order valence-corrected chi connectivity index (χ1v) is 6.15. The van der Waals surface area contributed by atoms with Crippen molar-refractivity contribution in [2.45, 2.75) is 11.3 Å². The second-order valence-electron chi connectivity index (χ2n) is 3.48. The summed E-state index contributed by atoms with van der Waals surface area (Å²) in [5, 5.41) is 10.4. The van der Waals surface area contributed by atoms with E-state index in [2.05, 4.69) is 9.97 Å². The molecule has 0 amide bonds. The van der Waals surface area contributed by atoms with E-state index >= 15 is 0 Å². The van der Waals surface area contributed by atoms with Gasteiger partial charge in [0.25, 0.3) is 5.56 Å². The number of rotatable bonds is 4. The average molecular weight is 248 g/mol. The molecule has 1 unspecified atom stereocenters. The quantitative estimate of drug-likeness (QED) is 0.637. The summed E-state index contributed by atoms with van der Waals surface area (Å²) in [4.78, 5) is 17.6. The zero-order valence-corrected chi connectivity index (χ0v) is 9.85. The van der Waals surface area contributed by atoms with E-state index in [0.717, 1.165) is 5.56 Å². The Morgan fingerprint density at radius 2 is 2.06 bits per heavy atom. The van der Waals surface area contributed by atoms with Crippen LogP contribution >= 0.6 is 11.8 Å². The Morgan fingerprint density at radius 3 is 2.76 bits per heavy atom. The van der Waals surface area contributed by atoms with Gasteiger partial charge in [-0.05, 0) is 5.56 Å². The number of aromatic amines is 1. The van der Waals surface area contributed by atoms with Crippen molar-refractivity contribution in [3.63, 3.8) is 0 Å². The van der Waals surface area contributed by atoms with Crippen molar-refractivity contribution >= 4 is 11.8 Å². The van der Waals surface area contributed by atoms with Crippen LogP contribution in [0.25, 0.3) is 0 Å². The van der Waals surface area contributed by atoms with Crippen LogP contribution < -0.4 is 5.56 Å². The number of H-pyrrole nitrogens is 1. The van der Waals surface area contributed by atoms with Gasteiger partial charge in [0.2, 0.25) is 0 Å². The SMILES string of the molecule is O=c1ccnc(SCC(O)c2ccccc2)[nH]1.